The monoisotopic (exact) mass is 163 g/mol. The third-order valence-corrected chi connectivity index (χ3v) is 1.07. The van der Waals surface area contributed by atoms with Gasteiger partial charge >= 0.3 is 0 Å². The number of hydrogen-bond acceptors (Lipinski definition) is 2. The highest BCUT2D eigenvalue weighted by Gasteiger charge is 2.07. The molecule has 0 aliphatic rings. The van der Waals surface area contributed by atoms with Gasteiger partial charge in [-0.2, -0.15) is 0 Å². The maximum absolute atomic E-state index is 10.7. The van der Waals surface area contributed by atoms with Crippen LogP contribution < -0.4 is 5.32 Å². The Balaban J connectivity index is 3.50. The minimum absolute atomic E-state index is 0.0654. The SMILES string of the molecule is CC(=O)CNC(=O)[C@@H](C)Cl. The summed E-state index contributed by atoms with van der Waals surface area (Å²) in [5.41, 5.74) is 0. The fourth-order valence-corrected chi connectivity index (χ4v) is 0.429. The van der Waals surface area contributed by atoms with Gasteiger partial charge in [-0.25, -0.2) is 0 Å². The zero-order chi connectivity index (χ0) is 8.15. The van der Waals surface area contributed by atoms with Gasteiger partial charge in [-0.3, -0.25) is 9.59 Å². The van der Waals surface area contributed by atoms with Crippen molar-refractivity contribution in [3.8, 4) is 0 Å². The molecule has 0 aromatic carbocycles. The molecule has 58 valence electrons. The molecule has 0 aliphatic carbocycles. The molecule has 1 amide bonds. The quantitative estimate of drug-likeness (QED) is 0.609. The summed E-state index contributed by atoms with van der Waals surface area (Å²) in [5, 5.41) is 1.79. The van der Waals surface area contributed by atoms with Gasteiger partial charge in [0.05, 0.1) is 6.54 Å². The summed E-state index contributed by atoms with van der Waals surface area (Å²) in [6.45, 7) is 3.02. The highest BCUT2D eigenvalue weighted by molar-refractivity contribution is 6.30. The fraction of sp³-hybridized carbons (Fsp3) is 0.667. The van der Waals surface area contributed by atoms with Crippen molar-refractivity contribution in [3.63, 3.8) is 0 Å². The van der Waals surface area contributed by atoms with Crippen LogP contribution in [0.1, 0.15) is 13.8 Å². The fourth-order valence-electron chi connectivity index (χ4n) is 0.352. The molecule has 0 rings (SSSR count). The lowest BCUT2D eigenvalue weighted by Crippen LogP contribution is -2.33. The van der Waals surface area contributed by atoms with Gasteiger partial charge in [0.15, 0.2) is 0 Å². The molecular weight excluding hydrogens is 154 g/mol. The third-order valence-electron chi connectivity index (χ3n) is 0.873. The van der Waals surface area contributed by atoms with E-state index in [0.29, 0.717) is 0 Å². The van der Waals surface area contributed by atoms with Crippen LogP contribution in [0.2, 0.25) is 0 Å². The van der Waals surface area contributed by atoms with Crippen LogP contribution in [-0.4, -0.2) is 23.6 Å². The number of alkyl halides is 1. The molecule has 0 aliphatic heterocycles. The normalized spacial score (nSPS) is 12.3. The molecule has 3 nitrogen and oxygen atoms in total. The van der Waals surface area contributed by atoms with E-state index in [1.165, 1.54) is 6.92 Å². The highest BCUT2D eigenvalue weighted by atomic mass is 35.5. The smallest absolute Gasteiger partial charge is 0.238 e. The molecule has 0 saturated carbocycles. The van der Waals surface area contributed by atoms with Gasteiger partial charge in [-0.1, -0.05) is 0 Å². The second-order valence-corrected chi connectivity index (χ2v) is 2.69. The number of carbonyl (C=O) groups is 2. The van der Waals surface area contributed by atoms with E-state index in [-0.39, 0.29) is 18.2 Å². The van der Waals surface area contributed by atoms with E-state index in [2.05, 4.69) is 5.32 Å². The van der Waals surface area contributed by atoms with E-state index in [1.807, 2.05) is 0 Å². The van der Waals surface area contributed by atoms with E-state index in [9.17, 15) is 9.59 Å². The molecular formula is C6H10ClNO2. The van der Waals surface area contributed by atoms with Crippen LogP contribution in [0.5, 0.6) is 0 Å². The first kappa shape index (κ1) is 9.43. The van der Waals surface area contributed by atoms with Crippen LogP contribution in [0.15, 0.2) is 0 Å². The van der Waals surface area contributed by atoms with Gasteiger partial charge in [0, 0.05) is 0 Å². The maximum atomic E-state index is 10.7. The molecule has 0 bridgehead atoms. The number of Topliss-reactive ketones (excluding diaryl/α,β-unsaturated/α-hetero) is 1. The predicted octanol–water partition coefficient (Wildman–Crippen LogP) is 0.319. The molecule has 0 aromatic heterocycles. The zero-order valence-corrected chi connectivity index (χ0v) is 6.73. The van der Waals surface area contributed by atoms with Crippen LogP contribution in [0.25, 0.3) is 0 Å². The lowest BCUT2D eigenvalue weighted by atomic mass is 10.4. The summed E-state index contributed by atoms with van der Waals surface area (Å²) in [5.74, 6) is -0.387. The largest absolute Gasteiger partial charge is 0.348 e. The molecule has 1 N–H and O–H groups in total. The topological polar surface area (TPSA) is 46.2 Å². The number of nitrogens with one attached hydrogen (secondary N) is 1. The Morgan fingerprint density at radius 1 is 1.60 bits per heavy atom. The first-order valence-corrected chi connectivity index (χ1v) is 3.39. The zero-order valence-electron chi connectivity index (χ0n) is 5.98. The first-order chi connectivity index (χ1) is 4.54. The van der Waals surface area contributed by atoms with Crippen molar-refractivity contribution in [3.05, 3.63) is 0 Å². The summed E-state index contributed by atoms with van der Waals surface area (Å²) in [6, 6.07) is 0. The van der Waals surface area contributed by atoms with Crippen LogP contribution >= 0.6 is 11.6 Å². The standard InChI is InChI=1S/C6H10ClNO2/c1-4(9)3-8-6(10)5(2)7/h5H,3H2,1-2H3,(H,8,10)/t5-/m1/s1. The number of halogens is 1. The van der Waals surface area contributed by atoms with Crippen molar-refractivity contribution in [2.45, 2.75) is 19.2 Å². The predicted molar refractivity (Wildman–Crippen MR) is 39.0 cm³/mol. The van der Waals surface area contributed by atoms with Crippen LogP contribution in [0.4, 0.5) is 0 Å². The van der Waals surface area contributed by atoms with Crippen LogP contribution in [-0.2, 0) is 9.59 Å². The molecule has 4 heteroatoms. The molecule has 0 heterocycles. The molecule has 0 radical (unpaired) electrons. The average molecular weight is 164 g/mol. The number of hydrogen-bond donors (Lipinski definition) is 1. The van der Waals surface area contributed by atoms with Crippen molar-refractivity contribution < 1.29 is 9.59 Å². The summed E-state index contributed by atoms with van der Waals surface area (Å²) < 4.78 is 0. The summed E-state index contributed by atoms with van der Waals surface area (Å²) in [6.07, 6.45) is 0. The number of carbonyl (C=O) groups excluding carboxylic acids is 2. The van der Waals surface area contributed by atoms with Crippen molar-refractivity contribution >= 4 is 23.3 Å². The van der Waals surface area contributed by atoms with Gasteiger partial charge in [0.25, 0.3) is 0 Å². The Kier molecular flexibility index (Phi) is 4.03. The minimum Gasteiger partial charge on any atom is -0.348 e. The first-order valence-electron chi connectivity index (χ1n) is 2.95. The Bertz CT molecular complexity index is 145. The van der Waals surface area contributed by atoms with E-state index in [4.69, 9.17) is 11.6 Å². The second kappa shape index (κ2) is 4.28. The van der Waals surface area contributed by atoms with Crippen molar-refractivity contribution in [1.82, 2.24) is 5.32 Å². The second-order valence-electron chi connectivity index (χ2n) is 2.04. The Hall–Kier alpha value is -0.570. The van der Waals surface area contributed by atoms with Crippen LogP contribution in [0, 0.1) is 0 Å². The Morgan fingerprint density at radius 2 is 2.10 bits per heavy atom. The average Bonchev–Trinajstić information content (AvgIpc) is 1.82. The lowest BCUT2D eigenvalue weighted by Gasteiger charge is -2.02. The highest BCUT2D eigenvalue weighted by Crippen LogP contribution is 1.91. The van der Waals surface area contributed by atoms with Crippen molar-refractivity contribution in [2.75, 3.05) is 6.54 Å². The van der Waals surface area contributed by atoms with Gasteiger partial charge < -0.3 is 5.32 Å². The molecule has 0 unspecified atom stereocenters. The Labute approximate surface area is 64.7 Å². The van der Waals surface area contributed by atoms with E-state index in [0.717, 1.165) is 0 Å². The number of ketones is 1. The van der Waals surface area contributed by atoms with Gasteiger partial charge in [-0.15, -0.1) is 11.6 Å². The van der Waals surface area contributed by atoms with Gasteiger partial charge in [-0.05, 0) is 13.8 Å². The maximum Gasteiger partial charge on any atom is 0.238 e. The molecule has 0 fully saturated rings. The number of amides is 1. The minimum atomic E-state index is -0.570. The third kappa shape index (κ3) is 4.32. The van der Waals surface area contributed by atoms with E-state index >= 15 is 0 Å². The molecule has 0 aromatic rings. The summed E-state index contributed by atoms with van der Waals surface area (Å²) in [4.78, 5) is 21.0. The number of rotatable bonds is 3. The molecule has 1 atom stereocenters. The van der Waals surface area contributed by atoms with Gasteiger partial charge in [0.2, 0.25) is 5.91 Å². The lowest BCUT2D eigenvalue weighted by molar-refractivity contribution is -0.123. The van der Waals surface area contributed by atoms with E-state index in [1.54, 1.807) is 6.92 Å². The molecule has 10 heavy (non-hydrogen) atoms. The van der Waals surface area contributed by atoms with E-state index < -0.39 is 5.38 Å². The van der Waals surface area contributed by atoms with Crippen molar-refractivity contribution in [1.29, 1.82) is 0 Å². The summed E-state index contributed by atoms with van der Waals surface area (Å²) >= 11 is 5.39. The Morgan fingerprint density at radius 3 is 2.40 bits per heavy atom. The molecule has 0 saturated heterocycles. The van der Waals surface area contributed by atoms with Crippen molar-refractivity contribution in [2.24, 2.45) is 0 Å². The summed E-state index contributed by atoms with van der Waals surface area (Å²) in [7, 11) is 0. The van der Waals surface area contributed by atoms with Gasteiger partial charge in [0.1, 0.15) is 11.2 Å². The van der Waals surface area contributed by atoms with Crippen LogP contribution in [0.3, 0.4) is 0 Å². The molecule has 0 spiro atoms.